The normalized spacial score (nSPS) is 20.1. The topological polar surface area (TPSA) is 93.9 Å². The van der Waals surface area contributed by atoms with Gasteiger partial charge < -0.3 is 15.2 Å². The second-order valence-corrected chi connectivity index (χ2v) is 2.71. The molecule has 0 spiro atoms. The Kier molecular flexibility index (Phi) is 3.04. The first-order valence-corrected chi connectivity index (χ1v) is 4.05. The molecular weight excluding hydrogens is 190 g/mol. The van der Waals surface area contributed by atoms with Crippen LogP contribution in [0.1, 0.15) is 0 Å². The van der Waals surface area contributed by atoms with Crippen LogP contribution in [0.5, 0.6) is 0 Å². The summed E-state index contributed by atoms with van der Waals surface area (Å²) in [6.07, 6.45) is 0. The third-order valence-electron chi connectivity index (χ3n) is 1.99. The number of carbonyl (C=O) groups is 2. The van der Waals surface area contributed by atoms with Crippen LogP contribution in [0.25, 0.3) is 0 Å². The number of methoxy groups -OCH3 is 2. The van der Waals surface area contributed by atoms with Crippen LogP contribution in [0.2, 0.25) is 0 Å². The standard InChI is InChI=1S/C7H13N3O4/c1-13-7(14-2)5(11)9-10(4-3-8)6(7)12/h3-4,8H2,1-2H3,(H,9,11). The van der Waals surface area contributed by atoms with Crippen molar-refractivity contribution in [3.05, 3.63) is 0 Å². The first-order valence-electron chi connectivity index (χ1n) is 4.05. The van der Waals surface area contributed by atoms with E-state index in [9.17, 15) is 9.59 Å². The second-order valence-electron chi connectivity index (χ2n) is 2.71. The van der Waals surface area contributed by atoms with E-state index in [2.05, 4.69) is 5.43 Å². The number of amides is 2. The van der Waals surface area contributed by atoms with Gasteiger partial charge in [-0.25, -0.2) is 5.01 Å². The van der Waals surface area contributed by atoms with Crippen molar-refractivity contribution in [2.75, 3.05) is 27.3 Å². The highest BCUT2D eigenvalue weighted by Crippen LogP contribution is 2.20. The Balaban J connectivity index is 2.89. The van der Waals surface area contributed by atoms with E-state index >= 15 is 0 Å². The van der Waals surface area contributed by atoms with E-state index in [1.807, 2.05) is 0 Å². The minimum atomic E-state index is -1.85. The molecule has 0 bridgehead atoms. The van der Waals surface area contributed by atoms with E-state index in [4.69, 9.17) is 15.2 Å². The van der Waals surface area contributed by atoms with E-state index in [0.717, 1.165) is 5.01 Å². The van der Waals surface area contributed by atoms with Crippen LogP contribution in [0, 0.1) is 0 Å². The lowest BCUT2D eigenvalue weighted by atomic mass is 10.2. The average molecular weight is 203 g/mol. The summed E-state index contributed by atoms with van der Waals surface area (Å²) in [6, 6.07) is 0. The fraction of sp³-hybridized carbons (Fsp3) is 0.714. The SMILES string of the molecule is COC1(OC)C(=O)NN(CCN)C1=O. The maximum absolute atomic E-state index is 11.6. The number of rotatable bonds is 4. The summed E-state index contributed by atoms with van der Waals surface area (Å²) in [5, 5.41) is 1.08. The van der Waals surface area contributed by atoms with Crippen molar-refractivity contribution >= 4 is 11.8 Å². The van der Waals surface area contributed by atoms with Crippen molar-refractivity contribution in [3.8, 4) is 0 Å². The largest absolute Gasteiger partial charge is 0.338 e. The third kappa shape index (κ3) is 1.35. The zero-order chi connectivity index (χ0) is 10.8. The Morgan fingerprint density at radius 1 is 1.43 bits per heavy atom. The number of nitrogens with one attached hydrogen (secondary N) is 1. The van der Waals surface area contributed by atoms with E-state index < -0.39 is 17.6 Å². The average Bonchev–Trinajstić information content (AvgIpc) is 2.41. The molecule has 7 heteroatoms. The summed E-state index contributed by atoms with van der Waals surface area (Å²) in [4.78, 5) is 23.0. The molecule has 1 fully saturated rings. The van der Waals surface area contributed by atoms with Gasteiger partial charge in [-0.3, -0.25) is 15.0 Å². The molecule has 14 heavy (non-hydrogen) atoms. The number of hydrogen-bond acceptors (Lipinski definition) is 5. The summed E-state index contributed by atoms with van der Waals surface area (Å²) in [7, 11) is 2.46. The predicted octanol–water partition coefficient (Wildman–Crippen LogP) is -2.19. The van der Waals surface area contributed by atoms with Gasteiger partial charge in [-0.1, -0.05) is 0 Å². The Morgan fingerprint density at radius 3 is 2.36 bits per heavy atom. The van der Waals surface area contributed by atoms with Gasteiger partial charge in [-0.2, -0.15) is 0 Å². The van der Waals surface area contributed by atoms with Gasteiger partial charge in [-0.05, 0) is 0 Å². The first-order chi connectivity index (χ1) is 6.62. The Bertz CT molecular complexity index is 251. The van der Waals surface area contributed by atoms with Crippen molar-refractivity contribution in [2.45, 2.75) is 5.79 Å². The van der Waals surface area contributed by atoms with E-state index in [1.54, 1.807) is 0 Å². The van der Waals surface area contributed by atoms with Crippen LogP contribution in [-0.4, -0.2) is 49.9 Å². The highest BCUT2D eigenvalue weighted by molar-refractivity contribution is 6.11. The van der Waals surface area contributed by atoms with Crippen LogP contribution < -0.4 is 11.2 Å². The molecule has 7 nitrogen and oxygen atoms in total. The van der Waals surface area contributed by atoms with Crippen molar-refractivity contribution in [3.63, 3.8) is 0 Å². The molecule has 0 aromatic heterocycles. The summed E-state index contributed by atoms with van der Waals surface area (Å²) >= 11 is 0. The molecule has 0 unspecified atom stereocenters. The van der Waals surface area contributed by atoms with E-state index in [1.165, 1.54) is 14.2 Å². The number of hydrogen-bond donors (Lipinski definition) is 2. The molecule has 0 aliphatic carbocycles. The van der Waals surface area contributed by atoms with Crippen LogP contribution >= 0.6 is 0 Å². The molecule has 0 saturated carbocycles. The molecule has 1 saturated heterocycles. The molecule has 1 rings (SSSR count). The molecule has 0 atom stereocenters. The lowest BCUT2D eigenvalue weighted by Gasteiger charge is -2.20. The molecule has 0 radical (unpaired) electrons. The van der Waals surface area contributed by atoms with Crippen LogP contribution in [0.3, 0.4) is 0 Å². The number of ether oxygens (including phenoxy) is 2. The number of nitrogens with two attached hydrogens (primary N) is 1. The van der Waals surface area contributed by atoms with Crippen LogP contribution in [0.15, 0.2) is 0 Å². The van der Waals surface area contributed by atoms with E-state index in [-0.39, 0.29) is 13.1 Å². The molecule has 3 N–H and O–H groups in total. The number of carbonyl (C=O) groups excluding carboxylic acids is 2. The van der Waals surface area contributed by atoms with Crippen molar-refractivity contribution in [1.29, 1.82) is 0 Å². The van der Waals surface area contributed by atoms with Crippen molar-refractivity contribution < 1.29 is 19.1 Å². The van der Waals surface area contributed by atoms with E-state index in [0.29, 0.717) is 0 Å². The summed E-state index contributed by atoms with van der Waals surface area (Å²) in [5.74, 6) is -3.08. The maximum Gasteiger partial charge on any atom is 0.334 e. The molecule has 1 aliphatic heterocycles. The van der Waals surface area contributed by atoms with Gasteiger partial charge >= 0.3 is 17.6 Å². The predicted molar refractivity (Wildman–Crippen MR) is 45.7 cm³/mol. The highest BCUT2D eigenvalue weighted by atomic mass is 16.7. The zero-order valence-corrected chi connectivity index (χ0v) is 8.07. The molecule has 0 aromatic rings. The van der Waals surface area contributed by atoms with Gasteiger partial charge in [0.2, 0.25) is 0 Å². The fourth-order valence-corrected chi connectivity index (χ4v) is 1.25. The van der Waals surface area contributed by atoms with Crippen LogP contribution in [-0.2, 0) is 19.1 Å². The quantitative estimate of drug-likeness (QED) is 0.400. The Labute approximate surface area is 81.1 Å². The number of hydrazine groups is 1. The van der Waals surface area contributed by atoms with Crippen LogP contribution in [0.4, 0.5) is 0 Å². The second kappa shape index (κ2) is 3.91. The third-order valence-corrected chi connectivity index (χ3v) is 1.99. The van der Waals surface area contributed by atoms with Gasteiger partial charge in [0, 0.05) is 20.8 Å². The summed E-state index contributed by atoms with van der Waals surface area (Å²) in [6.45, 7) is 0.467. The Morgan fingerprint density at radius 2 is 2.00 bits per heavy atom. The number of nitrogens with zero attached hydrogens (tertiary/aromatic N) is 1. The van der Waals surface area contributed by atoms with Gasteiger partial charge in [-0.15, -0.1) is 0 Å². The lowest BCUT2D eigenvalue weighted by molar-refractivity contribution is -0.203. The van der Waals surface area contributed by atoms with Gasteiger partial charge in [0.1, 0.15) is 0 Å². The molecule has 0 aromatic carbocycles. The molecule has 2 amide bonds. The summed E-state index contributed by atoms with van der Waals surface area (Å²) < 4.78 is 9.57. The Hall–Kier alpha value is -1.18. The first kappa shape index (κ1) is 10.9. The summed E-state index contributed by atoms with van der Waals surface area (Å²) in [5.41, 5.74) is 7.57. The maximum atomic E-state index is 11.6. The minimum absolute atomic E-state index is 0.221. The molecule has 1 aliphatic rings. The van der Waals surface area contributed by atoms with Crippen molar-refractivity contribution in [2.24, 2.45) is 5.73 Å². The van der Waals surface area contributed by atoms with Crippen molar-refractivity contribution in [1.82, 2.24) is 10.4 Å². The minimum Gasteiger partial charge on any atom is -0.338 e. The molecular formula is C7H13N3O4. The van der Waals surface area contributed by atoms with Gasteiger partial charge in [0.05, 0.1) is 6.54 Å². The smallest absolute Gasteiger partial charge is 0.334 e. The zero-order valence-electron chi connectivity index (χ0n) is 8.07. The fourth-order valence-electron chi connectivity index (χ4n) is 1.25. The molecule has 80 valence electrons. The van der Waals surface area contributed by atoms with Gasteiger partial charge in [0.25, 0.3) is 0 Å². The highest BCUT2D eigenvalue weighted by Gasteiger charge is 2.56. The monoisotopic (exact) mass is 203 g/mol. The lowest BCUT2D eigenvalue weighted by Crippen LogP contribution is -2.47. The molecule has 1 heterocycles. The van der Waals surface area contributed by atoms with Gasteiger partial charge in [0.15, 0.2) is 0 Å².